The zero-order chi connectivity index (χ0) is 21.0. The summed E-state index contributed by atoms with van der Waals surface area (Å²) in [4.78, 5) is 28.2. The largest absolute Gasteiger partial charge is 0.381 e. The van der Waals surface area contributed by atoms with Gasteiger partial charge in [-0.25, -0.2) is 0 Å². The van der Waals surface area contributed by atoms with Gasteiger partial charge in [0.05, 0.1) is 0 Å². The molecule has 30 heavy (non-hydrogen) atoms. The highest BCUT2D eigenvalue weighted by Gasteiger charge is 2.35. The highest BCUT2D eigenvalue weighted by molar-refractivity contribution is 5.94. The molecule has 0 saturated carbocycles. The van der Waals surface area contributed by atoms with Crippen LogP contribution >= 0.6 is 0 Å². The molecule has 0 unspecified atom stereocenters. The number of aryl methyl sites for hydroxylation is 1. The molecule has 2 heterocycles. The van der Waals surface area contributed by atoms with Crippen molar-refractivity contribution in [3.8, 4) is 11.3 Å². The van der Waals surface area contributed by atoms with Crippen LogP contribution in [0.3, 0.4) is 0 Å². The molecule has 0 bridgehead atoms. The Balaban J connectivity index is 1.52. The number of carbonyl (C=O) groups is 1. The first-order valence-corrected chi connectivity index (χ1v) is 10.3. The van der Waals surface area contributed by atoms with Crippen molar-refractivity contribution in [1.29, 1.82) is 0 Å². The van der Waals surface area contributed by atoms with Gasteiger partial charge in [-0.15, -0.1) is 0 Å². The van der Waals surface area contributed by atoms with E-state index in [4.69, 9.17) is 4.74 Å². The normalized spacial score (nSPS) is 15.5. The summed E-state index contributed by atoms with van der Waals surface area (Å²) < 4.78 is 5.57. The maximum Gasteiger partial charge on any atom is 0.261 e. The number of aromatic nitrogens is 1. The van der Waals surface area contributed by atoms with Gasteiger partial charge in [0, 0.05) is 30.9 Å². The number of nitrogens with one attached hydrogen (secondary N) is 2. The third kappa shape index (κ3) is 4.21. The fourth-order valence-electron chi connectivity index (χ4n) is 4.02. The van der Waals surface area contributed by atoms with Gasteiger partial charge in [-0.3, -0.25) is 9.59 Å². The Bertz CT molecular complexity index is 1070. The molecule has 1 aromatic heterocycles. The van der Waals surface area contributed by atoms with Crippen LogP contribution in [0, 0.1) is 6.92 Å². The van der Waals surface area contributed by atoms with E-state index < -0.39 is 0 Å². The first kappa shape index (κ1) is 20.1. The molecule has 5 nitrogen and oxygen atoms in total. The molecule has 0 radical (unpaired) electrons. The molecule has 3 aromatic rings. The second-order valence-electron chi connectivity index (χ2n) is 7.92. The summed E-state index contributed by atoms with van der Waals surface area (Å²) in [7, 11) is 0. The number of hydrogen-bond acceptors (Lipinski definition) is 3. The van der Waals surface area contributed by atoms with Crippen LogP contribution in [0.1, 0.15) is 34.3 Å². The first-order chi connectivity index (χ1) is 14.6. The summed E-state index contributed by atoms with van der Waals surface area (Å²) in [5.41, 5.74) is 3.56. The monoisotopic (exact) mass is 402 g/mol. The topological polar surface area (TPSA) is 71.2 Å². The van der Waals surface area contributed by atoms with Gasteiger partial charge >= 0.3 is 0 Å². The lowest BCUT2D eigenvalue weighted by Gasteiger charge is -2.38. The predicted molar refractivity (Wildman–Crippen MR) is 118 cm³/mol. The summed E-state index contributed by atoms with van der Waals surface area (Å²) in [5.74, 6) is -0.353. The molecule has 1 aliphatic heterocycles. The number of aromatic amines is 1. The lowest BCUT2D eigenvalue weighted by Crippen LogP contribution is -2.45. The third-order valence-electron chi connectivity index (χ3n) is 5.94. The van der Waals surface area contributed by atoms with Crippen molar-refractivity contribution in [2.24, 2.45) is 0 Å². The second-order valence-corrected chi connectivity index (χ2v) is 7.92. The SMILES string of the molecule is Cc1ccc(C2(CNC(=O)c3ccc(-c4ccccc4)[nH]c3=O)CCOCC2)cc1. The van der Waals surface area contributed by atoms with E-state index in [1.54, 1.807) is 12.1 Å². The molecule has 0 atom stereocenters. The number of amides is 1. The van der Waals surface area contributed by atoms with E-state index in [9.17, 15) is 9.59 Å². The minimum Gasteiger partial charge on any atom is -0.381 e. The molecule has 2 aromatic carbocycles. The Morgan fingerprint density at radius 1 is 1.00 bits per heavy atom. The number of H-pyrrole nitrogens is 1. The zero-order valence-electron chi connectivity index (χ0n) is 17.1. The van der Waals surface area contributed by atoms with Crippen LogP contribution in [0.2, 0.25) is 0 Å². The van der Waals surface area contributed by atoms with Crippen LogP contribution < -0.4 is 10.9 Å². The molecule has 5 heteroatoms. The number of ether oxygens (including phenoxy) is 1. The van der Waals surface area contributed by atoms with Crippen molar-refractivity contribution in [2.45, 2.75) is 25.2 Å². The van der Waals surface area contributed by atoms with E-state index in [1.165, 1.54) is 11.1 Å². The van der Waals surface area contributed by atoms with Gasteiger partial charge in [0.15, 0.2) is 0 Å². The fourth-order valence-corrected chi connectivity index (χ4v) is 4.02. The maximum atomic E-state index is 12.8. The first-order valence-electron chi connectivity index (χ1n) is 10.3. The van der Waals surface area contributed by atoms with Crippen molar-refractivity contribution in [3.63, 3.8) is 0 Å². The molecule has 1 amide bonds. The highest BCUT2D eigenvalue weighted by Crippen LogP contribution is 2.34. The van der Waals surface area contributed by atoms with Crippen LogP contribution in [0.5, 0.6) is 0 Å². The molecule has 1 saturated heterocycles. The highest BCUT2D eigenvalue weighted by atomic mass is 16.5. The predicted octanol–water partition coefficient (Wildman–Crippen LogP) is 3.83. The average molecular weight is 402 g/mol. The number of pyridine rings is 1. The van der Waals surface area contributed by atoms with E-state index in [1.807, 2.05) is 30.3 Å². The lowest BCUT2D eigenvalue weighted by molar-refractivity contribution is 0.0487. The van der Waals surface area contributed by atoms with E-state index in [-0.39, 0.29) is 22.4 Å². The Hall–Kier alpha value is -3.18. The quantitative estimate of drug-likeness (QED) is 0.681. The summed E-state index contributed by atoms with van der Waals surface area (Å²) in [5, 5.41) is 3.01. The minimum atomic E-state index is -0.384. The van der Waals surface area contributed by atoms with Gasteiger partial charge < -0.3 is 15.0 Å². The second kappa shape index (κ2) is 8.67. The Morgan fingerprint density at radius 2 is 1.70 bits per heavy atom. The number of benzene rings is 2. The van der Waals surface area contributed by atoms with Crippen LogP contribution in [-0.4, -0.2) is 30.6 Å². The molecule has 154 valence electrons. The van der Waals surface area contributed by atoms with Crippen LogP contribution in [-0.2, 0) is 10.2 Å². The van der Waals surface area contributed by atoms with Crippen LogP contribution in [0.4, 0.5) is 0 Å². The van der Waals surface area contributed by atoms with E-state index in [0.717, 1.165) is 18.4 Å². The van der Waals surface area contributed by atoms with Crippen molar-refractivity contribution in [1.82, 2.24) is 10.3 Å². The van der Waals surface area contributed by atoms with E-state index in [2.05, 4.69) is 41.5 Å². The molecular weight excluding hydrogens is 376 g/mol. The van der Waals surface area contributed by atoms with Gasteiger partial charge in [0.2, 0.25) is 0 Å². The Labute approximate surface area is 176 Å². The lowest BCUT2D eigenvalue weighted by atomic mass is 9.74. The van der Waals surface area contributed by atoms with Gasteiger partial charge in [-0.05, 0) is 43.0 Å². The maximum absolute atomic E-state index is 12.8. The Kier molecular flexibility index (Phi) is 5.81. The molecule has 2 N–H and O–H groups in total. The van der Waals surface area contributed by atoms with Crippen molar-refractivity contribution < 1.29 is 9.53 Å². The van der Waals surface area contributed by atoms with Gasteiger partial charge in [-0.2, -0.15) is 0 Å². The van der Waals surface area contributed by atoms with Gasteiger partial charge in [-0.1, -0.05) is 60.2 Å². The van der Waals surface area contributed by atoms with Crippen LogP contribution in [0.15, 0.2) is 71.5 Å². The molecule has 0 aliphatic carbocycles. The number of hydrogen-bond donors (Lipinski definition) is 2. The summed E-state index contributed by atoms with van der Waals surface area (Å²) >= 11 is 0. The zero-order valence-corrected chi connectivity index (χ0v) is 17.1. The van der Waals surface area contributed by atoms with E-state index >= 15 is 0 Å². The third-order valence-corrected chi connectivity index (χ3v) is 5.94. The Morgan fingerprint density at radius 3 is 2.37 bits per heavy atom. The van der Waals surface area contributed by atoms with Gasteiger partial charge in [0.25, 0.3) is 11.5 Å². The number of rotatable bonds is 5. The summed E-state index contributed by atoms with van der Waals surface area (Å²) in [6.45, 7) is 3.86. The van der Waals surface area contributed by atoms with Crippen molar-refractivity contribution >= 4 is 5.91 Å². The standard InChI is InChI=1S/C25H26N2O3/c1-18-7-9-20(10-8-18)25(13-15-30-16-14-25)17-26-23(28)21-11-12-22(27-24(21)29)19-5-3-2-4-6-19/h2-12H,13-17H2,1H3,(H,26,28)(H,27,29). The smallest absolute Gasteiger partial charge is 0.261 e. The van der Waals surface area contributed by atoms with Gasteiger partial charge in [0.1, 0.15) is 5.56 Å². The van der Waals surface area contributed by atoms with E-state index in [0.29, 0.717) is 25.5 Å². The fraction of sp³-hybridized carbons (Fsp3) is 0.280. The average Bonchev–Trinajstić information content (AvgIpc) is 2.79. The molecule has 4 rings (SSSR count). The molecule has 1 fully saturated rings. The minimum absolute atomic E-state index is 0.126. The summed E-state index contributed by atoms with van der Waals surface area (Å²) in [6.07, 6.45) is 1.67. The number of carbonyl (C=O) groups excluding carboxylic acids is 1. The van der Waals surface area contributed by atoms with Crippen molar-refractivity contribution in [3.05, 3.63) is 93.8 Å². The molecule has 1 aliphatic rings. The molecule has 0 spiro atoms. The van der Waals surface area contributed by atoms with Crippen molar-refractivity contribution in [2.75, 3.05) is 19.8 Å². The molecular formula is C25H26N2O3. The summed E-state index contributed by atoms with van der Waals surface area (Å²) in [6, 6.07) is 21.4. The van der Waals surface area contributed by atoms with Crippen LogP contribution in [0.25, 0.3) is 11.3 Å².